The van der Waals surface area contributed by atoms with Crippen LogP contribution in [0.4, 0.5) is 0 Å². The summed E-state index contributed by atoms with van der Waals surface area (Å²) >= 11 is 0. The van der Waals surface area contributed by atoms with E-state index in [-0.39, 0.29) is 31.1 Å². The van der Waals surface area contributed by atoms with Gasteiger partial charge in [0.15, 0.2) is 6.10 Å². The van der Waals surface area contributed by atoms with E-state index in [9.17, 15) is 14.4 Å². The summed E-state index contributed by atoms with van der Waals surface area (Å²) in [6, 6.07) is 0. The van der Waals surface area contributed by atoms with Gasteiger partial charge in [0.1, 0.15) is 13.2 Å². The van der Waals surface area contributed by atoms with E-state index < -0.39 is 6.10 Å². The highest BCUT2D eigenvalue weighted by molar-refractivity contribution is 5.71. The summed E-state index contributed by atoms with van der Waals surface area (Å²) in [5.41, 5.74) is 0. The number of rotatable bonds is 60. The second-order valence-corrected chi connectivity index (χ2v) is 22.0. The molecule has 0 spiro atoms. The van der Waals surface area contributed by atoms with E-state index >= 15 is 0 Å². The highest BCUT2D eigenvalue weighted by atomic mass is 16.6. The van der Waals surface area contributed by atoms with Gasteiger partial charge >= 0.3 is 17.9 Å². The van der Waals surface area contributed by atoms with Gasteiger partial charge in [0.25, 0.3) is 0 Å². The molecule has 0 fully saturated rings. The zero-order chi connectivity index (χ0) is 57.1. The Hall–Kier alpha value is -3.93. The van der Waals surface area contributed by atoms with E-state index in [0.29, 0.717) is 19.3 Å². The van der Waals surface area contributed by atoms with Crippen molar-refractivity contribution in [2.75, 3.05) is 13.2 Å². The number of carbonyl (C=O) groups is 3. The van der Waals surface area contributed by atoms with E-state index in [2.05, 4.69) is 130 Å². The maximum Gasteiger partial charge on any atom is 0.306 e. The van der Waals surface area contributed by atoms with Crippen LogP contribution in [-0.4, -0.2) is 37.2 Å². The molecular weight excluding hydrogens is 973 g/mol. The first-order valence-electron chi connectivity index (χ1n) is 33.4. The molecule has 0 bridgehead atoms. The molecule has 1 atom stereocenters. The molecule has 6 nitrogen and oxygen atoms in total. The van der Waals surface area contributed by atoms with Crippen molar-refractivity contribution >= 4 is 17.9 Å². The number of allylic oxidation sites excluding steroid dienone is 18. The first-order chi connectivity index (χ1) is 39.0. The van der Waals surface area contributed by atoms with Crippen LogP contribution in [0.25, 0.3) is 0 Å². The Labute approximate surface area is 489 Å². The van der Waals surface area contributed by atoms with Gasteiger partial charge in [-0.1, -0.05) is 316 Å². The summed E-state index contributed by atoms with van der Waals surface area (Å²) in [6.45, 7) is 6.53. The molecule has 0 radical (unpaired) electrons. The summed E-state index contributed by atoms with van der Waals surface area (Å²) in [6.07, 6.45) is 91.0. The fourth-order valence-corrected chi connectivity index (χ4v) is 9.32. The van der Waals surface area contributed by atoms with E-state index in [1.165, 1.54) is 154 Å². The molecule has 0 rings (SSSR count). The molecular formula is C73H124O6. The fourth-order valence-electron chi connectivity index (χ4n) is 9.32. The fraction of sp³-hybridized carbons (Fsp3) is 0.712. The lowest BCUT2D eigenvalue weighted by Gasteiger charge is -2.18. The third-order valence-electron chi connectivity index (χ3n) is 14.3. The van der Waals surface area contributed by atoms with Crippen LogP contribution < -0.4 is 0 Å². The van der Waals surface area contributed by atoms with Crippen LogP contribution in [0.2, 0.25) is 0 Å². The van der Waals surface area contributed by atoms with Crippen molar-refractivity contribution in [3.05, 3.63) is 109 Å². The Morgan fingerprint density at radius 3 is 0.772 bits per heavy atom. The predicted molar refractivity (Wildman–Crippen MR) is 343 cm³/mol. The van der Waals surface area contributed by atoms with Gasteiger partial charge in [-0.2, -0.15) is 0 Å². The minimum Gasteiger partial charge on any atom is -0.462 e. The molecule has 6 heteroatoms. The van der Waals surface area contributed by atoms with Crippen LogP contribution in [0.5, 0.6) is 0 Å². The van der Waals surface area contributed by atoms with E-state index in [1.54, 1.807) is 0 Å². The Bertz CT molecular complexity index is 1590. The molecule has 0 aliphatic heterocycles. The molecule has 0 aromatic rings. The molecule has 79 heavy (non-hydrogen) atoms. The van der Waals surface area contributed by atoms with Gasteiger partial charge in [-0.15, -0.1) is 0 Å². The summed E-state index contributed by atoms with van der Waals surface area (Å²) in [4.78, 5) is 38.3. The molecule has 0 aliphatic carbocycles. The summed E-state index contributed by atoms with van der Waals surface area (Å²) in [5, 5.41) is 0. The van der Waals surface area contributed by atoms with Crippen LogP contribution in [0.1, 0.15) is 316 Å². The highest BCUT2D eigenvalue weighted by Crippen LogP contribution is 2.17. The molecule has 0 aromatic carbocycles. The molecule has 1 unspecified atom stereocenters. The van der Waals surface area contributed by atoms with Gasteiger partial charge in [-0.3, -0.25) is 14.4 Å². The van der Waals surface area contributed by atoms with Gasteiger partial charge in [-0.05, 0) is 89.9 Å². The second kappa shape index (κ2) is 66.6. The number of hydrogen-bond acceptors (Lipinski definition) is 6. The van der Waals surface area contributed by atoms with Crippen LogP contribution in [0, 0.1) is 0 Å². The monoisotopic (exact) mass is 1100 g/mol. The standard InChI is InChI=1S/C73H124O6/c1-4-7-10-13-16-19-22-25-28-30-31-32-33-34-35-36-37-38-39-40-41-42-43-44-46-48-51-54-57-60-63-66-72(75)78-69-70(68-77-71(74)65-62-59-56-53-50-47-27-24-21-18-15-12-9-6-3)79-73(76)67-64-61-58-55-52-49-45-29-26-23-20-17-14-11-8-5-2/h7,10,16,19,25,28,31-32,34-35,37-38,40-41,43-44,48,51,70H,4-6,8-9,11-15,17-18,20-24,26-27,29-30,33,36,39,42,45-47,49-50,52-69H2,1-3H3/b10-7-,19-16-,28-25-,32-31-,35-34-,38-37-,41-40-,44-43-,51-48-. The van der Waals surface area contributed by atoms with Crippen LogP contribution in [0.15, 0.2) is 109 Å². The van der Waals surface area contributed by atoms with Crippen molar-refractivity contribution < 1.29 is 28.6 Å². The van der Waals surface area contributed by atoms with Gasteiger partial charge in [0.05, 0.1) is 0 Å². The maximum absolute atomic E-state index is 12.9. The average Bonchev–Trinajstić information content (AvgIpc) is 3.45. The largest absolute Gasteiger partial charge is 0.462 e. The quantitative estimate of drug-likeness (QED) is 0.0261. The average molecular weight is 1100 g/mol. The van der Waals surface area contributed by atoms with E-state index in [4.69, 9.17) is 14.2 Å². The molecule has 0 aliphatic rings. The lowest BCUT2D eigenvalue weighted by Crippen LogP contribution is -2.30. The Balaban J connectivity index is 4.36. The first kappa shape index (κ1) is 75.1. The predicted octanol–water partition coefficient (Wildman–Crippen LogP) is 23.0. The molecule has 452 valence electrons. The topological polar surface area (TPSA) is 78.9 Å². The normalized spacial score (nSPS) is 12.8. The van der Waals surface area contributed by atoms with Crippen LogP contribution >= 0.6 is 0 Å². The van der Waals surface area contributed by atoms with E-state index in [1.807, 2.05) is 0 Å². The second-order valence-electron chi connectivity index (χ2n) is 22.0. The van der Waals surface area contributed by atoms with Crippen molar-refractivity contribution in [2.45, 2.75) is 322 Å². The summed E-state index contributed by atoms with van der Waals surface area (Å²) in [7, 11) is 0. The zero-order valence-electron chi connectivity index (χ0n) is 51.9. The Morgan fingerprint density at radius 2 is 0.494 bits per heavy atom. The van der Waals surface area contributed by atoms with E-state index in [0.717, 1.165) is 122 Å². The zero-order valence-corrected chi connectivity index (χ0v) is 51.9. The first-order valence-corrected chi connectivity index (χ1v) is 33.4. The number of hydrogen-bond donors (Lipinski definition) is 0. The Morgan fingerprint density at radius 1 is 0.266 bits per heavy atom. The lowest BCUT2D eigenvalue weighted by molar-refractivity contribution is -0.167. The lowest BCUT2D eigenvalue weighted by atomic mass is 10.0. The molecule has 0 saturated heterocycles. The van der Waals surface area contributed by atoms with Gasteiger partial charge in [0, 0.05) is 19.3 Å². The van der Waals surface area contributed by atoms with Crippen molar-refractivity contribution in [1.29, 1.82) is 0 Å². The molecule has 0 saturated carbocycles. The summed E-state index contributed by atoms with van der Waals surface area (Å²) < 4.78 is 16.9. The summed E-state index contributed by atoms with van der Waals surface area (Å²) in [5.74, 6) is -0.906. The van der Waals surface area contributed by atoms with Crippen molar-refractivity contribution in [3.63, 3.8) is 0 Å². The van der Waals surface area contributed by atoms with Gasteiger partial charge in [0.2, 0.25) is 0 Å². The third-order valence-corrected chi connectivity index (χ3v) is 14.3. The van der Waals surface area contributed by atoms with Crippen LogP contribution in [0.3, 0.4) is 0 Å². The minimum absolute atomic E-state index is 0.0846. The highest BCUT2D eigenvalue weighted by Gasteiger charge is 2.19. The third kappa shape index (κ3) is 64.8. The maximum atomic E-state index is 12.9. The van der Waals surface area contributed by atoms with Gasteiger partial charge in [-0.25, -0.2) is 0 Å². The Kier molecular flexibility index (Phi) is 63.3. The van der Waals surface area contributed by atoms with Crippen molar-refractivity contribution in [1.82, 2.24) is 0 Å². The molecule has 0 heterocycles. The number of carbonyl (C=O) groups excluding carboxylic acids is 3. The molecule has 0 N–H and O–H groups in total. The number of esters is 3. The number of ether oxygens (including phenoxy) is 3. The van der Waals surface area contributed by atoms with Crippen molar-refractivity contribution in [3.8, 4) is 0 Å². The van der Waals surface area contributed by atoms with Crippen molar-refractivity contribution in [2.24, 2.45) is 0 Å². The van der Waals surface area contributed by atoms with Gasteiger partial charge < -0.3 is 14.2 Å². The SMILES string of the molecule is CC/C=C\C/C=C\C/C=C\C/C=C\C/C=C\C/C=C\C/C=C\C/C=C\C/C=C\CCCCCC(=O)OCC(COC(=O)CCCCCCCCCCCCCCCC)OC(=O)CCCCCCCCCCCCCCCCCC. The molecule has 0 amide bonds. The smallest absolute Gasteiger partial charge is 0.306 e. The number of unbranched alkanes of at least 4 members (excludes halogenated alkanes) is 31. The molecule has 0 aromatic heterocycles. The minimum atomic E-state index is -0.790. The van der Waals surface area contributed by atoms with Crippen LogP contribution in [-0.2, 0) is 28.6 Å².